The van der Waals surface area contributed by atoms with Crippen molar-refractivity contribution in [1.29, 1.82) is 0 Å². The number of rotatable bonds is 2. The van der Waals surface area contributed by atoms with Crippen LogP contribution in [0.2, 0.25) is 10.0 Å². The Morgan fingerprint density at radius 1 is 1.17 bits per heavy atom. The van der Waals surface area contributed by atoms with Gasteiger partial charge in [-0.05, 0) is 48.7 Å². The van der Waals surface area contributed by atoms with Gasteiger partial charge in [0.25, 0.3) is 0 Å². The Labute approximate surface area is 146 Å². The Morgan fingerprint density at radius 3 is 2.54 bits per heavy atom. The Balaban J connectivity index is 2.11. The lowest BCUT2D eigenvalue weighted by atomic mass is 9.77. The van der Waals surface area contributed by atoms with Gasteiger partial charge in [-0.3, -0.25) is 4.79 Å². The van der Waals surface area contributed by atoms with Gasteiger partial charge in [-0.25, -0.2) is 0 Å². The molecule has 126 valence electrons. The Kier molecular flexibility index (Phi) is 4.04. The van der Waals surface area contributed by atoms with Crippen molar-refractivity contribution in [3.05, 3.63) is 63.1 Å². The van der Waals surface area contributed by atoms with E-state index in [0.717, 1.165) is 6.07 Å². The van der Waals surface area contributed by atoms with E-state index in [9.17, 15) is 18.0 Å². The second-order valence-corrected chi connectivity index (χ2v) is 6.77. The first-order chi connectivity index (χ1) is 11.1. The van der Waals surface area contributed by atoms with Crippen LogP contribution in [-0.2, 0) is 22.8 Å². The molecule has 24 heavy (non-hydrogen) atoms. The van der Waals surface area contributed by atoms with Gasteiger partial charge < -0.3 is 5.32 Å². The monoisotopic (exact) mass is 373 g/mol. The van der Waals surface area contributed by atoms with Crippen LogP contribution in [0.5, 0.6) is 0 Å². The third-order valence-electron chi connectivity index (χ3n) is 4.26. The van der Waals surface area contributed by atoms with E-state index in [1.807, 2.05) is 0 Å². The van der Waals surface area contributed by atoms with Crippen molar-refractivity contribution in [2.24, 2.45) is 0 Å². The lowest BCUT2D eigenvalue weighted by Crippen LogP contribution is -2.34. The largest absolute Gasteiger partial charge is 0.416 e. The second kappa shape index (κ2) is 5.67. The number of benzene rings is 2. The average molecular weight is 374 g/mol. The molecule has 0 saturated carbocycles. The SMILES string of the molecule is CC1(Cc2cc(Cl)ccc2C(F)(F)F)C(=O)Nc2c(Cl)cccc21. The zero-order valence-corrected chi connectivity index (χ0v) is 14.0. The number of fused-ring (bicyclic) bond motifs is 1. The van der Waals surface area contributed by atoms with E-state index in [4.69, 9.17) is 23.2 Å². The molecule has 0 radical (unpaired) electrons. The molecule has 1 aliphatic heterocycles. The molecular weight excluding hydrogens is 362 g/mol. The molecule has 7 heteroatoms. The highest BCUT2D eigenvalue weighted by Crippen LogP contribution is 2.45. The van der Waals surface area contributed by atoms with Gasteiger partial charge in [0, 0.05) is 5.02 Å². The van der Waals surface area contributed by atoms with Gasteiger partial charge in [-0.15, -0.1) is 0 Å². The van der Waals surface area contributed by atoms with Crippen LogP contribution >= 0.6 is 23.2 Å². The molecule has 0 spiro atoms. The molecular formula is C17H12Cl2F3NO. The summed E-state index contributed by atoms with van der Waals surface area (Å²) < 4.78 is 39.8. The van der Waals surface area contributed by atoms with Crippen molar-refractivity contribution in [3.8, 4) is 0 Å². The lowest BCUT2D eigenvalue weighted by molar-refractivity contribution is -0.138. The number of hydrogen-bond acceptors (Lipinski definition) is 1. The summed E-state index contributed by atoms with van der Waals surface area (Å²) in [5.74, 6) is -0.390. The first-order valence-corrected chi connectivity index (χ1v) is 7.84. The second-order valence-electron chi connectivity index (χ2n) is 5.92. The van der Waals surface area contributed by atoms with Crippen molar-refractivity contribution in [2.45, 2.75) is 24.9 Å². The van der Waals surface area contributed by atoms with Crippen molar-refractivity contribution >= 4 is 34.8 Å². The van der Waals surface area contributed by atoms with E-state index in [-0.39, 0.29) is 17.0 Å². The summed E-state index contributed by atoms with van der Waals surface area (Å²) in [6, 6.07) is 8.36. The molecule has 3 rings (SSSR count). The van der Waals surface area contributed by atoms with Crippen LogP contribution in [0.3, 0.4) is 0 Å². The predicted octanol–water partition coefficient (Wildman–Crippen LogP) is 5.46. The van der Waals surface area contributed by atoms with E-state index >= 15 is 0 Å². The molecule has 1 unspecified atom stereocenters. The van der Waals surface area contributed by atoms with Crippen LogP contribution < -0.4 is 5.32 Å². The summed E-state index contributed by atoms with van der Waals surface area (Å²) in [6.07, 6.45) is -4.66. The quantitative estimate of drug-likeness (QED) is 0.743. The summed E-state index contributed by atoms with van der Waals surface area (Å²) in [4.78, 5) is 12.5. The fraction of sp³-hybridized carbons (Fsp3) is 0.235. The minimum atomic E-state index is -4.53. The number of alkyl halides is 3. The van der Waals surface area contributed by atoms with Gasteiger partial charge in [0.1, 0.15) is 0 Å². The summed E-state index contributed by atoms with van der Waals surface area (Å²) in [7, 11) is 0. The van der Waals surface area contributed by atoms with E-state index in [1.54, 1.807) is 25.1 Å². The Hall–Kier alpha value is -1.72. The number of halogens is 5. The smallest absolute Gasteiger partial charge is 0.324 e. The summed E-state index contributed by atoms with van der Waals surface area (Å²) in [5.41, 5.74) is -0.961. The normalized spacial score (nSPS) is 20.0. The first kappa shape index (κ1) is 17.1. The highest BCUT2D eigenvalue weighted by molar-refractivity contribution is 6.34. The highest BCUT2D eigenvalue weighted by atomic mass is 35.5. The highest BCUT2D eigenvalue weighted by Gasteiger charge is 2.45. The van der Waals surface area contributed by atoms with Crippen LogP contribution in [0.1, 0.15) is 23.6 Å². The van der Waals surface area contributed by atoms with Gasteiger partial charge in [0.2, 0.25) is 5.91 Å². The molecule has 2 aromatic carbocycles. The molecule has 2 aromatic rings. The van der Waals surface area contributed by atoms with E-state index in [0.29, 0.717) is 16.3 Å². The van der Waals surface area contributed by atoms with Crippen LogP contribution in [0, 0.1) is 0 Å². The molecule has 0 aliphatic carbocycles. The molecule has 0 bridgehead atoms. The number of carbonyl (C=O) groups excluding carboxylic acids is 1. The molecule has 2 nitrogen and oxygen atoms in total. The lowest BCUT2D eigenvalue weighted by Gasteiger charge is -2.24. The predicted molar refractivity (Wildman–Crippen MR) is 87.6 cm³/mol. The molecule has 0 fully saturated rings. The Bertz CT molecular complexity index is 835. The number of nitrogens with one attached hydrogen (secondary N) is 1. The van der Waals surface area contributed by atoms with Crippen molar-refractivity contribution < 1.29 is 18.0 Å². The van der Waals surface area contributed by atoms with Crippen LogP contribution in [0.4, 0.5) is 18.9 Å². The average Bonchev–Trinajstić information content (AvgIpc) is 2.71. The van der Waals surface area contributed by atoms with Crippen LogP contribution in [0.15, 0.2) is 36.4 Å². The minimum Gasteiger partial charge on any atom is -0.324 e. The molecule has 0 saturated heterocycles. The summed E-state index contributed by atoms with van der Waals surface area (Å²) in [5, 5.41) is 3.20. The number of para-hydroxylation sites is 1. The topological polar surface area (TPSA) is 29.1 Å². The number of carbonyl (C=O) groups is 1. The van der Waals surface area contributed by atoms with Gasteiger partial charge in [0.05, 0.1) is 21.7 Å². The van der Waals surface area contributed by atoms with E-state index < -0.39 is 23.1 Å². The van der Waals surface area contributed by atoms with Crippen molar-refractivity contribution in [2.75, 3.05) is 5.32 Å². The molecule has 1 aliphatic rings. The first-order valence-electron chi connectivity index (χ1n) is 7.09. The third kappa shape index (κ3) is 2.76. The van der Waals surface area contributed by atoms with Crippen molar-refractivity contribution in [3.63, 3.8) is 0 Å². The fourth-order valence-corrected chi connectivity index (χ4v) is 3.44. The Morgan fingerprint density at radius 2 is 1.88 bits per heavy atom. The minimum absolute atomic E-state index is 0.0273. The van der Waals surface area contributed by atoms with Gasteiger partial charge in [-0.2, -0.15) is 13.2 Å². The van der Waals surface area contributed by atoms with Gasteiger partial charge >= 0.3 is 6.18 Å². The van der Waals surface area contributed by atoms with E-state index in [2.05, 4.69) is 5.32 Å². The molecule has 0 aromatic heterocycles. The summed E-state index contributed by atoms with van der Waals surface area (Å²) >= 11 is 11.9. The number of hydrogen-bond donors (Lipinski definition) is 1. The van der Waals surface area contributed by atoms with Crippen molar-refractivity contribution in [1.82, 2.24) is 0 Å². The molecule has 1 N–H and O–H groups in total. The molecule has 1 amide bonds. The van der Waals surface area contributed by atoms with E-state index in [1.165, 1.54) is 12.1 Å². The molecule has 1 heterocycles. The summed E-state index contributed by atoms with van der Waals surface area (Å²) in [6.45, 7) is 1.60. The fourth-order valence-electron chi connectivity index (χ4n) is 3.03. The standard InChI is InChI=1S/C17H12Cl2F3NO/c1-16(12-3-2-4-13(19)14(12)23-15(16)24)8-9-7-10(18)5-6-11(9)17(20,21)22/h2-7H,8H2,1H3,(H,23,24). The number of amides is 1. The van der Waals surface area contributed by atoms with Gasteiger partial charge in [0.15, 0.2) is 0 Å². The van der Waals surface area contributed by atoms with Crippen LogP contribution in [0.25, 0.3) is 0 Å². The zero-order valence-electron chi connectivity index (χ0n) is 12.5. The third-order valence-corrected chi connectivity index (χ3v) is 4.81. The molecule has 1 atom stereocenters. The maximum absolute atomic E-state index is 13.3. The van der Waals surface area contributed by atoms with Crippen LogP contribution in [-0.4, -0.2) is 5.91 Å². The zero-order chi connectivity index (χ0) is 17.7. The number of anilines is 1. The van der Waals surface area contributed by atoms with Gasteiger partial charge in [-0.1, -0.05) is 35.3 Å². The maximum atomic E-state index is 13.3. The maximum Gasteiger partial charge on any atom is 0.416 e.